The Hall–Kier alpha value is -2.02. The monoisotopic (exact) mass is 278 g/mol. The molecule has 2 heterocycles. The number of hydrogen-bond donors (Lipinski definition) is 1. The van der Waals surface area contributed by atoms with Gasteiger partial charge in [0.1, 0.15) is 0 Å². The molecule has 2 rings (SSSR count). The summed E-state index contributed by atoms with van der Waals surface area (Å²) >= 11 is 1.72. The fraction of sp³-hybridized carbons (Fsp3) is 0.333. The second kappa shape index (κ2) is 6.24. The smallest absolute Gasteiger partial charge is 0.363 e. The van der Waals surface area contributed by atoms with E-state index in [1.165, 1.54) is 17.1 Å². The molecule has 2 aromatic rings. The minimum atomic E-state index is -0.508. The molecule has 0 bridgehead atoms. The molecule has 100 valence electrons. The number of aryl methyl sites for hydroxylation is 1. The Labute approximate surface area is 114 Å². The first kappa shape index (κ1) is 13.4. The highest BCUT2D eigenvalue weighted by molar-refractivity contribution is 7.11. The molecule has 0 radical (unpaired) electrons. The van der Waals surface area contributed by atoms with E-state index in [1.54, 1.807) is 17.4 Å². The molecule has 0 fully saturated rings. The second-order valence-electron chi connectivity index (χ2n) is 3.91. The second-order valence-corrected chi connectivity index (χ2v) is 5.11. The molecule has 0 saturated carbocycles. The highest BCUT2D eigenvalue weighted by Gasteiger charge is 2.06. The molecule has 7 heteroatoms. The van der Waals surface area contributed by atoms with Crippen LogP contribution >= 0.6 is 11.3 Å². The van der Waals surface area contributed by atoms with Crippen molar-refractivity contribution in [1.29, 1.82) is 0 Å². The number of thiazole rings is 1. The Bertz CT molecular complexity index is 553. The fourth-order valence-corrected chi connectivity index (χ4v) is 2.40. The lowest BCUT2D eigenvalue weighted by Crippen LogP contribution is -2.05. The first-order valence-corrected chi connectivity index (χ1v) is 6.78. The summed E-state index contributed by atoms with van der Waals surface area (Å²) in [4.78, 5) is 19.3. The molecule has 0 saturated heterocycles. The zero-order chi connectivity index (χ0) is 13.7. The summed E-state index contributed by atoms with van der Waals surface area (Å²) in [5.74, 6) is -0.141. The third kappa shape index (κ3) is 3.72. The van der Waals surface area contributed by atoms with Gasteiger partial charge in [-0.15, -0.1) is 11.3 Å². The van der Waals surface area contributed by atoms with Gasteiger partial charge < -0.3 is 15.4 Å². The third-order valence-corrected chi connectivity index (χ3v) is 3.75. The van der Waals surface area contributed by atoms with E-state index in [9.17, 15) is 10.1 Å². The summed E-state index contributed by atoms with van der Waals surface area (Å²) in [5, 5.41) is 14.7. The molecular weight excluding hydrogens is 264 g/mol. The molecule has 0 atom stereocenters. The van der Waals surface area contributed by atoms with Crippen molar-refractivity contribution in [3.05, 3.63) is 44.5 Å². The molecule has 1 N–H and O–H groups in total. The van der Waals surface area contributed by atoms with Crippen LogP contribution in [0.4, 0.5) is 11.5 Å². The van der Waals surface area contributed by atoms with Gasteiger partial charge in [0.25, 0.3) is 0 Å². The fourth-order valence-electron chi connectivity index (χ4n) is 1.54. The molecule has 2 aromatic heterocycles. The van der Waals surface area contributed by atoms with Gasteiger partial charge in [0.05, 0.1) is 10.7 Å². The Morgan fingerprint density at radius 3 is 2.79 bits per heavy atom. The molecule has 0 amide bonds. The number of nitro groups is 1. The average molecular weight is 278 g/mol. The van der Waals surface area contributed by atoms with E-state index >= 15 is 0 Å². The van der Waals surface area contributed by atoms with Crippen LogP contribution < -0.4 is 5.32 Å². The summed E-state index contributed by atoms with van der Waals surface area (Å²) in [6.07, 6.45) is 5.23. The zero-order valence-electron chi connectivity index (χ0n) is 10.5. The Kier molecular flexibility index (Phi) is 4.40. The number of nitrogens with one attached hydrogen (secondary N) is 1. The molecule has 0 spiro atoms. The average Bonchev–Trinajstić information content (AvgIpc) is 2.87. The van der Waals surface area contributed by atoms with Crippen molar-refractivity contribution in [2.75, 3.05) is 11.9 Å². The number of pyridine rings is 1. The van der Waals surface area contributed by atoms with Crippen molar-refractivity contribution < 1.29 is 4.92 Å². The maximum absolute atomic E-state index is 10.5. The van der Waals surface area contributed by atoms with E-state index in [-0.39, 0.29) is 5.82 Å². The summed E-state index contributed by atoms with van der Waals surface area (Å²) in [6, 6.07) is 3.05. The van der Waals surface area contributed by atoms with Crippen molar-refractivity contribution in [2.45, 2.75) is 19.8 Å². The van der Waals surface area contributed by atoms with Crippen LogP contribution in [0, 0.1) is 10.1 Å². The minimum Gasteiger partial charge on any atom is -0.382 e. The lowest BCUT2D eigenvalue weighted by molar-refractivity contribution is -0.389. The summed E-state index contributed by atoms with van der Waals surface area (Å²) in [6.45, 7) is 2.84. The third-order valence-electron chi connectivity index (χ3n) is 2.55. The number of aromatic nitrogens is 2. The first-order chi connectivity index (χ1) is 9.19. The molecule has 0 aromatic carbocycles. The van der Waals surface area contributed by atoms with Gasteiger partial charge in [0.15, 0.2) is 6.20 Å². The minimum absolute atomic E-state index is 0.141. The number of hydrogen-bond acceptors (Lipinski definition) is 6. The number of anilines is 1. The Balaban J connectivity index is 1.83. The SMILES string of the molecule is CCc1cnc(CCNc2ccc([N+](=O)[O-])nc2)s1. The molecule has 0 unspecified atom stereocenters. The Morgan fingerprint density at radius 2 is 2.21 bits per heavy atom. The maximum Gasteiger partial charge on any atom is 0.363 e. The molecule has 0 aliphatic rings. The first-order valence-electron chi connectivity index (χ1n) is 5.97. The van der Waals surface area contributed by atoms with Crippen LogP contribution in [-0.4, -0.2) is 21.4 Å². The molecule has 0 aliphatic carbocycles. The molecule has 19 heavy (non-hydrogen) atoms. The van der Waals surface area contributed by atoms with E-state index in [0.29, 0.717) is 0 Å². The topological polar surface area (TPSA) is 81.0 Å². The summed E-state index contributed by atoms with van der Waals surface area (Å²) in [7, 11) is 0. The van der Waals surface area contributed by atoms with Crippen molar-refractivity contribution in [3.63, 3.8) is 0 Å². The van der Waals surface area contributed by atoms with Crippen LogP contribution in [0.5, 0.6) is 0 Å². The predicted octanol–water partition coefficient (Wildman–Crippen LogP) is 2.66. The lowest BCUT2D eigenvalue weighted by Gasteiger charge is -2.02. The normalized spacial score (nSPS) is 10.4. The van der Waals surface area contributed by atoms with E-state index in [2.05, 4.69) is 22.2 Å². The van der Waals surface area contributed by atoms with Crippen molar-refractivity contribution in [2.24, 2.45) is 0 Å². The maximum atomic E-state index is 10.5. The van der Waals surface area contributed by atoms with Gasteiger partial charge in [-0.2, -0.15) is 0 Å². The Morgan fingerprint density at radius 1 is 1.37 bits per heavy atom. The number of rotatable bonds is 6. The zero-order valence-corrected chi connectivity index (χ0v) is 11.3. The van der Waals surface area contributed by atoms with E-state index in [0.717, 1.165) is 30.1 Å². The molecule has 6 nitrogen and oxygen atoms in total. The summed E-state index contributed by atoms with van der Waals surface area (Å²) in [5.41, 5.74) is 0.776. The number of nitrogens with zero attached hydrogens (tertiary/aromatic N) is 3. The highest BCUT2D eigenvalue weighted by atomic mass is 32.1. The van der Waals surface area contributed by atoms with Crippen LogP contribution in [0.1, 0.15) is 16.8 Å². The van der Waals surface area contributed by atoms with E-state index in [4.69, 9.17) is 0 Å². The predicted molar refractivity (Wildman–Crippen MR) is 74.6 cm³/mol. The summed E-state index contributed by atoms with van der Waals surface area (Å²) < 4.78 is 0. The van der Waals surface area contributed by atoms with Crippen LogP contribution in [0.2, 0.25) is 0 Å². The van der Waals surface area contributed by atoms with Gasteiger partial charge in [-0.25, -0.2) is 4.98 Å². The van der Waals surface area contributed by atoms with Crippen molar-refractivity contribution in [3.8, 4) is 0 Å². The molecule has 0 aliphatic heterocycles. The van der Waals surface area contributed by atoms with Gasteiger partial charge >= 0.3 is 5.82 Å². The van der Waals surface area contributed by atoms with Gasteiger partial charge in [-0.05, 0) is 22.4 Å². The van der Waals surface area contributed by atoms with E-state index < -0.39 is 4.92 Å². The quantitative estimate of drug-likeness (QED) is 0.649. The highest BCUT2D eigenvalue weighted by Crippen LogP contribution is 2.15. The van der Waals surface area contributed by atoms with Crippen molar-refractivity contribution >= 4 is 22.8 Å². The van der Waals surface area contributed by atoms with Gasteiger partial charge in [-0.3, -0.25) is 0 Å². The van der Waals surface area contributed by atoms with E-state index in [1.807, 2.05) is 6.20 Å². The largest absolute Gasteiger partial charge is 0.382 e. The van der Waals surface area contributed by atoms with Crippen LogP contribution in [0.25, 0.3) is 0 Å². The van der Waals surface area contributed by atoms with Crippen molar-refractivity contribution in [1.82, 2.24) is 9.97 Å². The van der Waals surface area contributed by atoms with Gasteiger partial charge in [0.2, 0.25) is 0 Å². The van der Waals surface area contributed by atoms with Gasteiger partial charge in [0, 0.05) is 30.1 Å². The van der Waals surface area contributed by atoms with Crippen LogP contribution in [-0.2, 0) is 12.8 Å². The van der Waals surface area contributed by atoms with Gasteiger partial charge in [-0.1, -0.05) is 6.92 Å². The molecular formula is C12H14N4O2S. The standard InChI is InChI=1S/C12H14N4O2S/c1-2-10-8-15-12(19-10)5-6-13-9-3-4-11(14-7-9)16(17)18/h3-4,7-8,13H,2,5-6H2,1H3. The van der Waals surface area contributed by atoms with Crippen LogP contribution in [0.15, 0.2) is 24.5 Å². The van der Waals surface area contributed by atoms with Crippen LogP contribution in [0.3, 0.4) is 0 Å². The lowest BCUT2D eigenvalue weighted by atomic mass is 10.3.